The highest BCUT2D eigenvalue weighted by Crippen LogP contribution is 2.35. The summed E-state index contributed by atoms with van der Waals surface area (Å²) in [6.45, 7) is 0.175. The molecule has 156 valence electrons. The Hall–Kier alpha value is -2.45. The zero-order chi connectivity index (χ0) is 21.0. The molecule has 0 radical (unpaired) electrons. The third-order valence-electron chi connectivity index (χ3n) is 4.94. The molecule has 1 aliphatic rings. The molecule has 1 aliphatic heterocycles. The SMILES string of the molecule is COCC=C1O[C@@H](c2ccc(F)c(Cc3ccc(OC)cc3)c2)[C@H](O)[C@@H](O)[C@@H]1O. The molecule has 0 spiro atoms. The molecular weight excluding hydrogens is 379 g/mol. The molecule has 7 heteroatoms. The van der Waals surface area contributed by atoms with Crippen molar-refractivity contribution >= 4 is 0 Å². The van der Waals surface area contributed by atoms with Crippen LogP contribution in [0.1, 0.15) is 22.8 Å². The number of ether oxygens (including phenoxy) is 3. The lowest BCUT2D eigenvalue weighted by molar-refractivity contribution is -0.158. The quantitative estimate of drug-likeness (QED) is 0.684. The van der Waals surface area contributed by atoms with E-state index < -0.39 is 24.4 Å². The molecule has 0 bridgehead atoms. The third kappa shape index (κ3) is 4.76. The fourth-order valence-electron chi connectivity index (χ4n) is 3.29. The summed E-state index contributed by atoms with van der Waals surface area (Å²) >= 11 is 0. The highest BCUT2D eigenvalue weighted by atomic mass is 19.1. The standard InChI is InChI=1S/C22H25FO6/c1-27-10-9-18-19(24)20(25)21(26)22(29-18)14-5-8-17(23)15(12-14)11-13-3-6-16(28-2)7-4-13/h3-9,12,19-22,24-26H,10-11H2,1-2H3/t19-,20+,21-,22+/m1/s1. The molecule has 3 rings (SSSR count). The highest BCUT2D eigenvalue weighted by molar-refractivity contribution is 5.35. The van der Waals surface area contributed by atoms with E-state index in [0.29, 0.717) is 23.3 Å². The van der Waals surface area contributed by atoms with Crippen molar-refractivity contribution in [2.75, 3.05) is 20.8 Å². The molecule has 3 N–H and O–H groups in total. The van der Waals surface area contributed by atoms with E-state index in [1.165, 1.54) is 25.3 Å². The fraction of sp³-hybridized carbons (Fsp3) is 0.364. The summed E-state index contributed by atoms with van der Waals surface area (Å²) in [7, 11) is 3.06. The van der Waals surface area contributed by atoms with Gasteiger partial charge in [-0.25, -0.2) is 4.39 Å². The van der Waals surface area contributed by atoms with Gasteiger partial charge >= 0.3 is 0 Å². The van der Waals surface area contributed by atoms with Crippen LogP contribution in [-0.4, -0.2) is 54.5 Å². The van der Waals surface area contributed by atoms with Gasteiger partial charge in [0.25, 0.3) is 0 Å². The average molecular weight is 404 g/mol. The predicted octanol–water partition coefficient (Wildman–Crippen LogP) is 2.11. The number of hydrogen-bond donors (Lipinski definition) is 3. The van der Waals surface area contributed by atoms with Gasteiger partial charge in [-0.2, -0.15) is 0 Å². The molecule has 1 saturated heterocycles. The predicted molar refractivity (Wildman–Crippen MR) is 104 cm³/mol. The molecule has 0 aromatic heterocycles. The van der Waals surface area contributed by atoms with Gasteiger partial charge in [0.1, 0.15) is 35.6 Å². The van der Waals surface area contributed by atoms with Crippen molar-refractivity contribution in [2.24, 2.45) is 0 Å². The lowest BCUT2D eigenvalue weighted by Gasteiger charge is -2.37. The summed E-state index contributed by atoms with van der Waals surface area (Å²) in [5.41, 5.74) is 1.81. The number of halogens is 1. The summed E-state index contributed by atoms with van der Waals surface area (Å²) in [5, 5.41) is 30.7. The van der Waals surface area contributed by atoms with Crippen LogP contribution < -0.4 is 4.74 Å². The third-order valence-corrected chi connectivity index (χ3v) is 4.94. The van der Waals surface area contributed by atoms with Crippen LogP contribution in [0.2, 0.25) is 0 Å². The first kappa shape index (κ1) is 21.3. The van der Waals surface area contributed by atoms with E-state index >= 15 is 0 Å². The molecule has 0 unspecified atom stereocenters. The first-order valence-corrected chi connectivity index (χ1v) is 9.25. The summed E-state index contributed by atoms with van der Waals surface area (Å²) < 4.78 is 30.2. The number of hydrogen-bond acceptors (Lipinski definition) is 6. The van der Waals surface area contributed by atoms with Crippen molar-refractivity contribution in [3.63, 3.8) is 0 Å². The number of rotatable bonds is 6. The van der Waals surface area contributed by atoms with E-state index in [2.05, 4.69) is 0 Å². The van der Waals surface area contributed by atoms with Crippen molar-refractivity contribution in [1.82, 2.24) is 0 Å². The van der Waals surface area contributed by atoms with Gasteiger partial charge in [0, 0.05) is 13.5 Å². The van der Waals surface area contributed by atoms with Crippen LogP contribution in [0.5, 0.6) is 5.75 Å². The van der Waals surface area contributed by atoms with Gasteiger partial charge in [0.05, 0.1) is 13.7 Å². The maximum absolute atomic E-state index is 14.4. The Morgan fingerprint density at radius 3 is 2.41 bits per heavy atom. The van der Waals surface area contributed by atoms with Gasteiger partial charge in [-0.3, -0.25) is 0 Å². The lowest BCUT2D eigenvalue weighted by Crippen LogP contribution is -2.48. The Labute approximate surface area is 168 Å². The lowest BCUT2D eigenvalue weighted by atomic mass is 9.91. The zero-order valence-corrected chi connectivity index (χ0v) is 16.3. The number of aliphatic hydroxyl groups excluding tert-OH is 3. The summed E-state index contributed by atoms with van der Waals surface area (Å²) in [6, 6.07) is 11.7. The molecule has 1 heterocycles. The fourth-order valence-corrected chi connectivity index (χ4v) is 3.29. The molecule has 1 fully saturated rings. The van der Waals surface area contributed by atoms with Gasteiger partial charge < -0.3 is 29.5 Å². The Morgan fingerprint density at radius 2 is 1.76 bits per heavy atom. The van der Waals surface area contributed by atoms with Crippen molar-refractivity contribution < 1.29 is 33.9 Å². The Bertz CT molecular complexity index is 851. The first-order chi connectivity index (χ1) is 13.9. The summed E-state index contributed by atoms with van der Waals surface area (Å²) in [5.74, 6) is 0.436. The van der Waals surface area contributed by atoms with Crippen molar-refractivity contribution in [1.29, 1.82) is 0 Å². The minimum atomic E-state index is -1.44. The van der Waals surface area contributed by atoms with E-state index in [4.69, 9.17) is 14.2 Å². The van der Waals surface area contributed by atoms with Gasteiger partial charge in [-0.1, -0.05) is 18.2 Å². The van der Waals surface area contributed by atoms with E-state index in [0.717, 1.165) is 5.56 Å². The highest BCUT2D eigenvalue weighted by Gasteiger charge is 2.42. The average Bonchev–Trinajstić information content (AvgIpc) is 2.74. The van der Waals surface area contributed by atoms with E-state index in [1.807, 2.05) is 12.1 Å². The number of benzene rings is 2. The smallest absolute Gasteiger partial charge is 0.152 e. The van der Waals surface area contributed by atoms with Gasteiger partial charge in [0.2, 0.25) is 0 Å². The second kappa shape index (κ2) is 9.37. The zero-order valence-electron chi connectivity index (χ0n) is 16.3. The van der Waals surface area contributed by atoms with Crippen LogP contribution in [-0.2, 0) is 15.9 Å². The molecule has 2 aromatic carbocycles. The minimum Gasteiger partial charge on any atom is -0.497 e. The molecule has 0 amide bonds. The van der Waals surface area contributed by atoms with Gasteiger partial charge in [-0.05, 0) is 47.0 Å². The Morgan fingerprint density at radius 1 is 1.03 bits per heavy atom. The Kier molecular flexibility index (Phi) is 6.87. The van der Waals surface area contributed by atoms with Crippen LogP contribution in [0.4, 0.5) is 4.39 Å². The molecule has 2 aromatic rings. The van der Waals surface area contributed by atoms with Crippen LogP contribution in [0.25, 0.3) is 0 Å². The van der Waals surface area contributed by atoms with Crippen molar-refractivity contribution in [3.8, 4) is 5.75 Å². The maximum atomic E-state index is 14.4. The van der Waals surface area contributed by atoms with E-state index in [9.17, 15) is 19.7 Å². The molecule has 29 heavy (non-hydrogen) atoms. The monoisotopic (exact) mass is 404 g/mol. The molecule has 0 aliphatic carbocycles. The normalized spacial score (nSPS) is 25.7. The van der Waals surface area contributed by atoms with E-state index in [1.54, 1.807) is 25.3 Å². The van der Waals surface area contributed by atoms with Gasteiger partial charge in [0.15, 0.2) is 6.10 Å². The second-order valence-corrected chi connectivity index (χ2v) is 6.90. The summed E-state index contributed by atoms with van der Waals surface area (Å²) in [6.07, 6.45) is -3.29. The van der Waals surface area contributed by atoms with Crippen LogP contribution in [0, 0.1) is 5.82 Å². The van der Waals surface area contributed by atoms with Crippen LogP contribution in [0.3, 0.4) is 0 Å². The topological polar surface area (TPSA) is 88.4 Å². The maximum Gasteiger partial charge on any atom is 0.152 e. The van der Waals surface area contributed by atoms with Crippen LogP contribution in [0.15, 0.2) is 54.3 Å². The molecule has 0 saturated carbocycles. The number of methoxy groups -OCH3 is 2. The first-order valence-electron chi connectivity index (χ1n) is 9.25. The van der Waals surface area contributed by atoms with Crippen LogP contribution >= 0.6 is 0 Å². The van der Waals surface area contributed by atoms with Crippen molar-refractivity contribution in [2.45, 2.75) is 30.8 Å². The molecule has 4 atom stereocenters. The minimum absolute atomic E-state index is 0.107. The number of aliphatic hydroxyl groups is 3. The molecular formula is C22H25FO6. The Balaban J connectivity index is 1.86. The summed E-state index contributed by atoms with van der Waals surface area (Å²) in [4.78, 5) is 0. The van der Waals surface area contributed by atoms with Gasteiger partial charge in [-0.15, -0.1) is 0 Å². The molecule has 6 nitrogen and oxygen atoms in total. The van der Waals surface area contributed by atoms with Crippen molar-refractivity contribution in [3.05, 3.63) is 76.8 Å². The second-order valence-electron chi connectivity index (χ2n) is 6.90. The largest absolute Gasteiger partial charge is 0.497 e. The van der Waals surface area contributed by atoms with E-state index in [-0.39, 0.29) is 18.2 Å².